The van der Waals surface area contributed by atoms with Crippen molar-refractivity contribution >= 4 is 27.7 Å². The summed E-state index contributed by atoms with van der Waals surface area (Å²) in [6.45, 7) is 1.33. The highest BCUT2D eigenvalue weighted by Gasteiger charge is 2.26. The number of nitrogens with zero attached hydrogens (tertiary/aromatic N) is 3. The molecule has 1 aliphatic rings. The third-order valence-corrected chi connectivity index (χ3v) is 4.36. The zero-order valence-electron chi connectivity index (χ0n) is 11.9. The molecule has 2 aromatic rings. The van der Waals surface area contributed by atoms with E-state index in [1.165, 1.54) is 0 Å². The van der Waals surface area contributed by atoms with E-state index in [1.54, 1.807) is 0 Å². The number of carboxylic acid groups (broad SMARTS) is 1. The molecule has 0 saturated carbocycles. The van der Waals surface area contributed by atoms with Crippen molar-refractivity contribution in [1.29, 1.82) is 0 Å². The Bertz CT molecular complexity index is 675. The van der Waals surface area contributed by atoms with Crippen LogP contribution in [0.1, 0.15) is 12.8 Å². The first kappa shape index (κ1) is 15.0. The molecule has 22 heavy (non-hydrogen) atoms. The molecule has 1 unspecified atom stereocenters. The van der Waals surface area contributed by atoms with Crippen LogP contribution in [0.15, 0.2) is 40.9 Å². The minimum atomic E-state index is -0.733. The van der Waals surface area contributed by atoms with Gasteiger partial charge in [0.2, 0.25) is 0 Å². The van der Waals surface area contributed by atoms with Gasteiger partial charge in [0.1, 0.15) is 0 Å². The molecule has 5 nitrogen and oxygen atoms in total. The Balaban J connectivity index is 1.78. The van der Waals surface area contributed by atoms with Gasteiger partial charge in [-0.15, -0.1) is 10.2 Å². The number of halogens is 1. The van der Waals surface area contributed by atoms with Crippen molar-refractivity contribution in [3.8, 4) is 11.3 Å². The van der Waals surface area contributed by atoms with Crippen LogP contribution in [-0.4, -0.2) is 34.4 Å². The maximum absolute atomic E-state index is 11.1. The molecule has 1 saturated heterocycles. The standard InChI is InChI=1S/C16H16BrN3O2/c17-13-5-1-3-11(9-13)14-6-7-15(19-18-14)20-8-2-4-12(10-20)16(21)22/h1,3,5-7,9,12H,2,4,8,10H2,(H,21,22). The second kappa shape index (κ2) is 6.44. The fourth-order valence-electron chi connectivity index (χ4n) is 2.68. The van der Waals surface area contributed by atoms with Gasteiger partial charge in [0.25, 0.3) is 0 Å². The van der Waals surface area contributed by atoms with Gasteiger partial charge in [-0.2, -0.15) is 0 Å². The van der Waals surface area contributed by atoms with Crippen molar-refractivity contribution in [3.05, 3.63) is 40.9 Å². The lowest BCUT2D eigenvalue weighted by molar-refractivity contribution is -0.141. The predicted molar refractivity (Wildman–Crippen MR) is 87.7 cm³/mol. The summed E-state index contributed by atoms with van der Waals surface area (Å²) in [5.74, 6) is -0.312. The molecule has 1 aromatic heterocycles. The Morgan fingerprint density at radius 1 is 1.27 bits per heavy atom. The Kier molecular flexibility index (Phi) is 4.38. The van der Waals surface area contributed by atoms with Crippen molar-refractivity contribution in [2.45, 2.75) is 12.8 Å². The van der Waals surface area contributed by atoms with Crippen molar-refractivity contribution in [2.75, 3.05) is 18.0 Å². The zero-order valence-corrected chi connectivity index (χ0v) is 13.5. The Labute approximate surface area is 137 Å². The summed E-state index contributed by atoms with van der Waals surface area (Å²) < 4.78 is 0.996. The van der Waals surface area contributed by atoms with Gasteiger partial charge in [-0.3, -0.25) is 4.79 Å². The lowest BCUT2D eigenvalue weighted by Gasteiger charge is -2.31. The first-order valence-electron chi connectivity index (χ1n) is 7.21. The van der Waals surface area contributed by atoms with Crippen molar-refractivity contribution < 1.29 is 9.90 Å². The minimum absolute atomic E-state index is 0.319. The lowest BCUT2D eigenvalue weighted by atomic mass is 9.98. The third kappa shape index (κ3) is 3.27. The molecule has 0 spiro atoms. The molecule has 0 bridgehead atoms. The van der Waals surface area contributed by atoms with E-state index in [0.717, 1.165) is 40.9 Å². The maximum atomic E-state index is 11.1. The number of carboxylic acids is 1. The van der Waals surface area contributed by atoms with Crippen LogP contribution in [0.4, 0.5) is 5.82 Å². The summed E-state index contributed by atoms with van der Waals surface area (Å²) in [6, 6.07) is 11.7. The molecular weight excluding hydrogens is 346 g/mol. The third-order valence-electron chi connectivity index (χ3n) is 3.87. The highest BCUT2D eigenvalue weighted by molar-refractivity contribution is 9.10. The monoisotopic (exact) mass is 361 g/mol. The van der Waals surface area contributed by atoms with E-state index in [0.29, 0.717) is 6.54 Å². The molecule has 1 N–H and O–H groups in total. The predicted octanol–water partition coefficient (Wildman–Crippen LogP) is 3.21. The number of piperidine rings is 1. The van der Waals surface area contributed by atoms with Crippen LogP contribution >= 0.6 is 15.9 Å². The van der Waals surface area contributed by atoms with Crippen LogP contribution in [0.3, 0.4) is 0 Å². The molecule has 0 amide bonds. The van der Waals surface area contributed by atoms with E-state index in [1.807, 2.05) is 41.3 Å². The molecule has 1 atom stereocenters. The first-order valence-corrected chi connectivity index (χ1v) is 8.00. The Morgan fingerprint density at radius 2 is 2.14 bits per heavy atom. The van der Waals surface area contributed by atoms with Crippen LogP contribution in [-0.2, 0) is 4.79 Å². The normalized spacial score (nSPS) is 18.2. The topological polar surface area (TPSA) is 66.3 Å². The highest BCUT2D eigenvalue weighted by atomic mass is 79.9. The number of rotatable bonds is 3. The number of benzene rings is 1. The van der Waals surface area contributed by atoms with E-state index < -0.39 is 5.97 Å². The van der Waals surface area contributed by atoms with E-state index in [4.69, 9.17) is 5.11 Å². The minimum Gasteiger partial charge on any atom is -0.481 e. The lowest BCUT2D eigenvalue weighted by Crippen LogP contribution is -2.39. The highest BCUT2D eigenvalue weighted by Crippen LogP contribution is 2.24. The average Bonchev–Trinajstić information content (AvgIpc) is 2.55. The smallest absolute Gasteiger partial charge is 0.308 e. The van der Waals surface area contributed by atoms with E-state index in [2.05, 4.69) is 26.1 Å². The summed E-state index contributed by atoms with van der Waals surface area (Å²) in [5.41, 5.74) is 1.80. The largest absolute Gasteiger partial charge is 0.481 e. The van der Waals surface area contributed by atoms with E-state index in [9.17, 15) is 4.79 Å². The van der Waals surface area contributed by atoms with Gasteiger partial charge in [-0.25, -0.2) is 0 Å². The van der Waals surface area contributed by atoms with Gasteiger partial charge in [0, 0.05) is 23.1 Å². The zero-order chi connectivity index (χ0) is 15.5. The number of anilines is 1. The molecule has 0 aliphatic carbocycles. The molecule has 6 heteroatoms. The van der Waals surface area contributed by atoms with E-state index >= 15 is 0 Å². The molecule has 114 valence electrons. The molecular formula is C16H16BrN3O2. The Hall–Kier alpha value is -1.95. The van der Waals surface area contributed by atoms with Gasteiger partial charge in [0.15, 0.2) is 5.82 Å². The molecule has 1 aliphatic heterocycles. The fourth-order valence-corrected chi connectivity index (χ4v) is 3.08. The summed E-state index contributed by atoms with van der Waals surface area (Å²) >= 11 is 3.44. The van der Waals surface area contributed by atoms with Gasteiger partial charge >= 0.3 is 5.97 Å². The summed E-state index contributed by atoms with van der Waals surface area (Å²) in [7, 11) is 0. The van der Waals surface area contributed by atoms with Crippen LogP contribution in [0, 0.1) is 5.92 Å². The molecule has 1 aromatic carbocycles. The van der Waals surface area contributed by atoms with Gasteiger partial charge in [-0.1, -0.05) is 28.1 Å². The SMILES string of the molecule is O=C(O)C1CCCN(c2ccc(-c3cccc(Br)c3)nn2)C1. The van der Waals surface area contributed by atoms with Gasteiger partial charge in [-0.05, 0) is 37.1 Å². The quantitative estimate of drug-likeness (QED) is 0.908. The van der Waals surface area contributed by atoms with Crippen molar-refractivity contribution in [3.63, 3.8) is 0 Å². The molecule has 0 radical (unpaired) electrons. The number of hydrogen-bond acceptors (Lipinski definition) is 4. The number of carbonyl (C=O) groups is 1. The number of aromatic nitrogens is 2. The van der Waals surface area contributed by atoms with Crippen LogP contribution < -0.4 is 4.90 Å². The molecule has 3 rings (SSSR count). The first-order chi connectivity index (χ1) is 10.6. The number of aliphatic carboxylic acids is 1. The second-order valence-electron chi connectivity index (χ2n) is 5.41. The maximum Gasteiger partial charge on any atom is 0.308 e. The fraction of sp³-hybridized carbons (Fsp3) is 0.312. The van der Waals surface area contributed by atoms with E-state index in [-0.39, 0.29) is 5.92 Å². The second-order valence-corrected chi connectivity index (χ2v) is 6.33. The van der Waals surface area contributed by atoms with Crippen molar-refractivity contribution in [1.82, 2.24) is 10.2 Å². The molecule has 1 fully saturated rings. The summed E-state index contributed by atoms with van der Waals surface area (Å²) in [6.07, 6.45) is 1.60. The van der Waals surface area contributed by atoms with Crippen LogP contribution in [0.5, 0.6) is 0 Å². The van der Waals surface area contributed by atoms with Gasteiger partial charge < -0.3 is 10.0 Å². The van der Waals surface area contributed by atoms with Crippen molar-refractivity contribution in [2.24, 2.45) is 5.92 Å². The average molecular weight is 362 g/mol. The summed E-state index contributed by atoms with van der Waals surface area (Å²) in [5, 5.41) is 17.7. The van der Waals surface area contributed by atoms with Crippen LogP contribution in [0.2, 0.25) is 0 Å². The molecule has 2 heterocycles. The summed E-state index contributed by atoms with van der Waals surface area (Å²) in [4.78, 5) is 13.1. The number of hydrogen-bond donors (Lipinski definition) is 1. The van der Waals surface area contributed by atoms with Crippen LogP contribution in [0.25, 0.3) is 11.3 Å². The van der Waals surface area contributed by atoms with Gasteiger partial charge in [0.05, 0.1) is 11.6 Å². The Morgan fingerprint density at radius 3 is 2.82 bits per heavy atom.